The number of benzene rings is 2. The fourth-order valence-corrected chi connectivity index (χ4v) is 3.34. The summed E-state index contributed by atoms with van der Waals surface area (Å²) in [6.45, 7) is 0.583. The van der Waals surface area contributed by atoms with Gasteiger partial charge >= 0.3 is 0 Å². The maximum Gasteiger partial charge on any atom is 0.254 e. The molecule has 27 heavy (non-hydrogen) atoms. The van der Waals surface area contributed by atoms with E-state index in [2.05, 4.69) is 4.98 Å². The molecular formula is C20H19ClN2O4. The van der Waals surface area contributed by atoms with Crippen molar-refractivity contribution >= 4 is 28.6 Å². The highest BCUT2D eigenvalue weighted by molar-refractivity contribution is 6.30. The molecule has 4 rings (SSSR count). The Morgan fingerprint density at radius 1 is 1.26 bits per heavy atom. The predicted octanol–water partition coefficient (Wildman–Crippen LogP) is 2.90. The Morgan fingerprint density at radius 2 is 2.04 bits per heavy atom. The van der Waals surface area contributed by atoms with Crippen LogP contribution in [-0.4, -0.2) is 53.3 Å². The van der Waals surface area contributed by atoms with Gasteiger partial charge in [0.05, 0.1) is 25.4 Å². The van der Waals surface area contributed by atoms with Crippen LogP contribution in [0.4, 0.5) is 0 Å². The molecule has 1 amide bonds. The van der Waals surface area contributed by atoms with Crippen LogP contribution < -0.4 is 0 Å². The molecule has 1 N–H and O–H groups in total. The third-order valence-electron chi connectivity index (χ3n) is 4.79. The third-order valence-corrected chi connectivity index (χ3v) is 5.04. The largest absolute Gasteiger partial charge is 0.440 e. The summed E-state index contributed by atoms with van der Waals surface area (Å²) in [7, 11) is 1.67. The van der Waals surface area contributed by atoms with Crippen molar-refractivity contribution in [3.8, 4) is 0 Å². The lowest BCUT2D eigenvalue weighted by Crippen LogP contribution is -2.44. The van der Waals surface area contributed by atoms with Gasteiger partial charge in [0.1, 0.15) is 5.52 Å². The van der Waals surface area contributed by atoms with Gasteiger partial charge in [0.2, 0.25) is 0 Å². The Balaban J connectivity index is 1.55. The van der Waals surface area contributed by atoms with Crippen molar-refractivity contribution in [2.75, 3.05) is 20.3 Å². The van der Waals surface area contributed by atoms with E-state index in [1.54, 1.807) is 25.2 Å². The number of hydrogen-bond donors (Lipinski definition) is 1. The van der Waals surface area contributed by atoms with Crippen LogP contribution >= 0.6 is 11.6 Å². The standard InChI is InChI=1S/C20H19ClN2O4/c1-23(16-10-26-11-17(16)24)20(25)13-4-7-18-15(9-13)22-19(27-18)8-12-2-5-14(21)6-3-12/h2-7,9,16-17,24H,8,10-11H2,1H3/t16-,17-/m0/s1. The summed E-state index contributed by atoms with van der Waals surface area (Å²) >= 11 is 5.91. The average molecular weight is 387 g/mol. The molecule has 0 unspecified atom stereocenters. The van der Waals surface area contributed by atoms with Gasteiger partial charge in [-0.25, -0.2) is 4.98 Å². The highest BCUT2D eigenvalue weighted by atomic mass is 35.5. The van der Waals surface area contributed by atoms with Crippen molar-refractivity contribution < 1.29 is 19.1 Å². The lowest BCUT2D eigenvalue weighted by atomic mass is 10.1. The summed E-state index contributed by atoms with van der Waals surface area (Å²) in [6.07, 6.45) is -0.124. The van der Waals surface area contributed by atoms with E-state index < -0.39 is 6.10 Å². The average Bonchev–Trinajstić information content (AvgIpc) is 3.27. The number of halogens is 1. The van der Waals surface area contributed by atoms with E-state index in [0.717, 1.165) is 5.56 Å². The Morgan fingerprint density at radius 3 is 2.74 bits per heavy atom. The van der Waals surface area contributed by atoms with E-state index in [1.807, 2.05) is 24.3 Å². The molecule has 1 aliphatic heterocycles. The van der Waals surface area contributed by atoms with Gasteiger partial charge in [0.25, 0.3) is 5.91 Å². The van der Waals surface area contributed by atoms with E-state index in [4.69, 9.17) is 20.8 Å². The number of rotatable bonds is 4. The van der Waals surface area contributed by atoms with E-state index in [9.17, 15) is 9.90 Å². The van der Waals surface area contributed by atoms with E-state index in [0.29, 0.717) is 40.6 Å². The van der Waals surface area contributed by atoms with E-state index in [1.165, 1.54) is 4.90 Å². The Labute approximate surface area is 161 Å². The fourth-order valence-electron chi connectivity index (χ4n) is 3.22. The van der Waals surface area contributed by atoms with Gasteiger partial charge in [-0.2, -0.15) is 0 Å². The number of fused-ring (bicyclic) bond motifs is 1. The van der Waals surface area contributed by atoms with Gasteiger partial charge in [-0.05, 0) is 35.9 Å². The Kier molecular flexibility index (Phi) is 4.86. The minimum absolute atomic E-state index is 0.186. The molecule has 1 fully saturated rings. The molecule has 6 nitrogen and oxygen atoms in total. The van der Waals surface area contributed by atoms with Crippen molar-refractivity contribution in [3.05, 3.63) is 64.5 Å². The monoisotopic (exact) mass is 386 g/mol. The zero-order valence-corrected chi connectivity index (χ0v) is 15.5. The van der Waals surface area contributed by atoms with Crippen LogP contribution in [0.3, 0.4) is 0 Å². The smallest absolute Gasteiger partial charge is 0.254 e. The number of aliphatic hydroxyl groups is 1. The highest BCUT2D eigenvalue weighted by Gasteiger charge is 2.32. The molecule has 0 saturated carbocycles. The number of oxazole rings is 1. The number of likely N-dealkylation sites (N-methyl/N-ethyl adjacent to an activating group) is 1. The van der Waals surface area contributed by atoms with Gasteiger partial charge in [0, 0.05) is 24.1 Å². The van der Waals surface area contributed by atoms with E-state index >= 15 is 0 Å². The first-order valence-corrected chi connectivity index (χ1v) is 9.06. The second-order valence-corrected chi connectivity index (χ2v) is 7.12. The molecule has 1 aromatic heterocycles. The van der Waals surface area contributed by atoms with Gasteiger partial charge in [-0.1, -0.05) is 23.7 Å². The molecule has 2 heterocycles. The minimum atomic E-state index is -0.666. The van der Waals surface area contributed by atoms with Crippen molar-refractivity contribution in [2.45, 2.75) is 18.6 Å². The molecule has 1 aliphatic rings. The van der Waals surface area contributed by atoms with Crippen molar-refractivity contribution in [1.29, 1.82) is 0 Å². The van der Waals surface area contributed by atoms with Gasteiger partial charge in [-0.15, -0.1) is 0 Å². The van der Waals surface area contributed by atoms with Crippen LogP contribution in [-0.2, 0) is 11.2 Å². The molecular weight excluding hydrogens is 368 g/mol. The summed E-state index contributed by atoms with van der Waals surface area (Å²) in [5, 5.41) is 10.6. The summed E-state index contributed by atoms with van der Waals surface area (Å²) in [5.74, 6) is 0.388. The topological polar surface area (TPSA) is 75.8 Å². The molecule has 140 valence electrons. The molecule has 0 spiro atoms. The number of carbonyl (C=O) groups is 1. The quantitative estimate of drug-likeness (QED) is 0.746. The van der Waals surface area contributed by atoms with Gasteiger partial charge in [0.15, 0.2) is 11.5 Å². The number of nitrogens with zero attached hydrogens (tertiary/aromatic N) is 2. The van der Waals surface area contributed by atoms with E-state index in [-0.39, 0.29) is 18.6 Å². The maximum absolute atomic E-state index is 12.7. The zero-order valence-electron chi connectivity index (χ0n) is 14.8. The third kappa shape index (κ3) is 3.69. The molecule has 1 saturated heterocycles. The van der Waals surface area contributed by atoms with Crippen molar-refractivity contribution in [1.82, 2.24) is 9.88 Å². The number of carbonyl (C=O) groups excluding carboxylic acids is 1. The van der Waals surface area contributed by atoms with Crippen LogP contribution in [0.15, 0.2) is 46.9 Å². The van der Waals surface area contributed by atoms with Crippen LogP contribution in [0.25, 0.3) is 11.1 Å². The number of hydrogen-bond acceptors (Lipinski definition) is 5. The second-order valence-electron chi connectivity index (χ2n) is 6.68. The Bertz CT molecular complexity index is 970. The molecule has 2 atom stereocenters. The first-order chi connectivity index (χ1) is 13.0. The lowest BCUT2D eigenvalue weighted by Gasteiger charge is -2.25. The molecule has 2 aromatic carbocycles. The first-order valence-electron chi connectivity index (χ1n) is 8.68. The van der Waals surface area contributed by atoms with Gasteiger partial charge in [-0.3, -0.25) is 4.79 Å². The minimum Gasteiger partial charge on any atom is -0.440 e. The highest BCUT2D eigenvalue weighted by Crippen LogP contribution is 2.22. The number of amides is 1. The van der Waals surface area contributed by atoms with Crippen molar-refractivity contribution in [3.63, 3.8) is 0 Å². The van der Waals surface area contributed by atoms with Gasteiger partial charge < -0.3 is 19.2 Å². The zero-order chi connectivity index (χ0) is 19.0. The number of aromatic nitrogens is 1. The molecule has 0 radical (unpaired) electrons. The van der Waals surface area contributed by atoms with Crippen LogP contribution in [0.2, 0.25) is 5.02 Å². The maximum atomic E-state index is 12.7. The molecule has 7 heteroatoms. The number of ether oxygens (including phenoxy) is 1. The lowest BCUT2D eigenvalue weighted by molar-refractivity contribution is 0.0581. The summed E-state index contributed by atoms with van der Waals surface area (Å²) in [4.78, 5) is 18.8. The second kappa shape index (κ2) is 7.31. The van der Waals surface area contributed by atoms with Crippen molar-refractivity contribution in [2.24, 2.45) is 0 Å². The summed E-state index contributed by atoms with van der Waals surface area (Å²) in [6, 6.07) is 12.3. The fraction of sp³-hybridized carbons (Fsp3) is 0.300. The number of aliphatic hydroxyl groups excluding tert-OH is 1. The van der Waals surface area contributed by atoms with Crippen LogP contribution in [0.1, 0.15) is 21.8 Å². The Hall–Kier alpha value is -2.41. The summed E-state index contributed by atoms with van der Waals surface area (Å²) < 4.78 is 11.0. The molecule has 0 bridgehead atoms. The molecule has 0 aliphatic carbocycles. The molecule has 3 aromatic rings. The first kappa shape index (κ1) is 18.0. The predicted molar refractivity (Wildman–Crippen MR) is 101 cm³/mol. The normalized spacial score (nSPS) is 19.5. The van der Waals surface area contributed by atoms with Crippen LogP contribution in [0, 0.1) is 0 Å². The SMILES string of the molecule is CN(C(=O)c1ccc2oc(Cc3ccc(Cl)cc3)nc2c1)[C@H]1COC[C@@H]1O. The summed E-state index contributed by atoms with van der Waals surface area (Å²) in [5.41, 5.74) is 2.79. The van der Waals surface area contributed by atoms with Crippen LogP contribution in [0.5, 0.6) is 0 Å².